The summed E-state index contributed by atoms with van der Waals surface area (Å²) in [6.45, 7) is 5.20. The lowest BCUT2D eigenvalue weighted by atomic mass is 9.97. The Morgan fingerprint density at radius 2 is 2.20 bits per heavy atom. The highest BCUT2D eigenvalue weighted by Crippen LogP contribution is 2.16. The van der Waals surface area contributed by atoms with Crippen molar-refractivity contribution in [1.82, 2.24) is 10.6 Å². The van der Waals surface area contributed by atoms with Crippen molar-refractivity contribution in [3.8, 4) is 0 Å². The highest BCUT2D eigenvalue weighted by molar-refractivity contribution is 5.85. The fourth-order valence-electron chi connectivity index (χ4n) is 1.78. The predicted octanol–water partition coefficient (Wildman–Crippen LogP) is -0.179. The largest absolute Gasteiger partial charge is 0.480 e. The molecule has 0 aromatic carbocycles. The van der Waals surface area contributed by atoms with Crippen molar-refractivity contribution in [1.29, 1.82) is 0 Å². The van der Waals surface area contributed by atoms with Gasteiger partial charge < -0.3 is 15.7 Å². The van der Waals surface area contributed by atoms with Crippen molar-refractivity contribution in [3.63, 3.8) is 0 Å². The first-order valence-corrected chi connectivity index (χ1v) is 5.30. The minimum atomic E-state index is -0.968. The second kappa shape index (κ2) is 5.11. The average Bonchev–Trinajstić information content (AvgIpc) is 2.60. The van der Waals surface area contributed by atoms with Crippen molar-refractivity contribution in [3.05, 3.63) is 0 Å². The molecule has 0 spiro atoms. The van der Waals surface area contributed by atoms with Gasteiger partial charge in [0.05, 0.1) is 5.92 Å². The van der Waals surface area contributed by atoms with Gasteiger partial charge in [0.25, 0.3) is 0 Å². The molecule has 0 aromatic rings. The lowest BCUT2D eigenvalue weighted by molar-refractivity contribution is -0.142. The Labute approximate surface area is 89.2 Å². The van der Waals surface area contributed by atoms with Crippen LogP contribution in [0.15, 0.2) is 0 Å². The Bertz CT molecular complexity index is 255. The molecule has 1 heterocycles. The average molecular weight is 214 g/mol. The monoisotopic (exact) mass is 214 g/mol. The second-order valence-electron chi connectivity index (χ2n) is 4.05. The Morgan fingerprint density at radius 3 is 2.60 bits per heavy atom. The molecule has 1 aliphatic heterocycles. The topological polar surface area (TPSA) is 78.4 Å². The zero-order chi connectivity index (χ0) is 11.4. The molecule has 1 saturated heterocycles. The van der Waals surface area contributed by atoms with E-state index in [4.69, 9.17) is 5.11 Å². The lowest BCUT2D eigenvalue weighted by Gasteiger charge is -2.17. The minimum Gasteiger partial charge on any atom is -0.480 e. The van der Waals surface area contributed by atoms with Gasteiger partial charge in [0.2, 0.25) is 5.91 Å². The molecule has 5 nitrogen and oxygen atoms in total. The van der Waals surface area contributed by atoms with Crippen LogP contribution in [0.1, 0.15) is 20.3 Å². The van der Waals surface area contributed by atoms with Crippen LogP contribution in [0.2, 0.25) is 0 Å². The number of hydrogen-bond acceptors (Lipinski definition) is 3. The summed E-state index contributed by atoms with van der Waals surface area (Å²) in [7, 11) is 0. The summed E-state index contributed by atoms with van der Waals surface area (Å²) in [5.74, 6) is -0.944. The van der Waals surface area contributed by atoms with Crippen LogP contribution in [-0.2, 0) is 9.59 Å². The Kier molecular flexibility index (Phi) is 4.08. The highest BCUT2D eigenvalue weighted by Gasteiger charge is 2.31. The van der Waals surface area contributed by atoms with E-state index in [9.17, 15) is 9.59 Å². The summed E-state index contributed by atoms with van der Waals surface area (Å²) >= 11 is 0. The summed E-state index contributed by atoms with van der Waals surface area (Å²) in [6, 6.07) is -0.759. The van der Waals surface area contributed by atoms with Gasteiger partial charge >= 0.3 is 5.97 Å². The lowest BCUT2D eigenvalue weighted by Crippen LogP contribution is -2.44. The zero-order valence-electron chi connectivity index (χ0n) is 9.12. The first-order valence-electron chi connectivity index (χ1n) is 5.30. The van der Waals surface area contributed by atoms with E-state index >= 15 is 0 Å². The summed E-state index contributed by atoms with van der Waals surface area (Å²) in [5.41, 5.74) is 0. The maximum atomic E-state index is 11.7. The van der Waals surface area contributed by atoms with Crippen LogP contribution in [0.3, 0.4) is 0 Å². The smallest absolute Gasteiger partial charge is 0.326 e. The van der Waals surface area contributed by atoms with Crippen molar-refractivity contribution in [2.75, 3.05) is 13.1 Å². The summed E-state index contributed by atoms with van der Waals surface area (Å²) < 4.78 is 0. The molecule has 86 valence electrons. The molecule has 0 bridgehead atoms. The first-order chi connectivity index (χ1) is 7.06. The van der Waals surface area contributed by atoms with Gasteiger partial charge in [-0.3, -0.25) is 4.79 Å². The normalized spacial score (nSPS) is 27.3. The second-order valence-corrected chi connectivity index (χ2v) is 4.05. The third-order valence-corrected chi connectivity index (χ3v) is 2.88. The Morgan fingerprint density at radius 1 is 1.53 bits per heavy atom. The molecular formula is C10H18N2O3. The van der Waals surface area contributed by atoms with E-state index in [0.29, 0.717) is 13.0 Å². The molecule has 1 amide bonds. The molecule has 1 rings (SSSR count). The highest BCUT2D eigenvalue weighted by atomic mass is 16.4. The molecule has 0 saturated carbocycles. The fraction of sp³-hybridized carbons (Fsp3) is 0.800. The summed E-state index contributed by atoms with van der Waals surface area (Å²) in [5, 5.41) is 14.5. The molecule has 3 atom stereocenters. The molecule has 15 heavy (non-hydrogen) atoms. The van der Waals surface area contributed by atoms with Gasteiger partial charge in [-0.25, -0.2) is 4.79 Å². The third-order valence-electron chi connectivity index (χ3n) is 2.88. The molecule has 3 N–H and O–H groups in total. The van der Waals surface area contributed by atoms with E-state index in [1.807, 2.05) is 6.92 Å². The van der Waals surface area contributed by atoms with Crippen molar-refractivity contribution in [2.24, 2.45) is 11.8 Å². The number of carbonyl (C=O) groups is 2. The van der Waals surface area contributed by atoms with Gasteiger partial charge in [-0.15, -0.1) is 0 Å². The number of carboxylic acids is 1. The van der Waals surface area contributed by atoms with Gasteiger partial charge in [0, 0.05) is 6.54 Å². The van der Waals surface area contributed by atoms with Crippen LogP contribution in [0.4, 0.5) is 0 Å². The van der Waals surface area contributed by atoms with E-state index in [-0.39, 0.29) is 17.7 Å². The van der Waals surface area contributed by atoms with E-state index in [1.165, 1.54) is 0 Å². The molecule has 1 fully saturated rings. The van der Waals surface area contributed by atoms with E-state index in [0.717, 1.165) is 6.54 Å². The van der Waals surface area contributed by atoms with Gasteiger partial charge in [0.15, 0.2) is 0 Å². The summed E-state index contributed by atoms with van der Waals surface area (Å²) in [6.07, 6.45) is 0.412. The van der Waals surface area contributed by atoms with Gasteiger partial charge in [-0.05, 0) is 18.9 Å². The van der Waals surface area contributed by atoms with Gasteiger partial charge in [0.1, 0.15) is 6.04 Å². The Hall–Kier alpha value is -1.10. The van der Waals surface area contributed by atoms with Crippen molar-refractivity contribution < 1.29 is 14.7 Å². The molecule has 0 radical (unpaired) electrons. The van der Waals surface area contributed by atoms with Crippen LogP contribution in [0.5, 0.6) is 0 Å². The fourth-order valence-corrected chi connectivity index (χ4v) is 1.78. The van der Waals surface area contributed by atoms with Crippen molar-refractivity contribution >= 4 is 11.9 Å². The number of aliphatic carboxylic acids is 1. The quantitative estimate of drug-likeness (QED) is 0.606. The molecule has 1 aliphatic rings. The van der Waals surface area contributed by atoms with Crippen LogP contribution >= 0.6 is 0 Å². The van der Waals surface area contributed by atoms with Gasteiger partial charge in [-0.1, -0.05) is 13.8 Å². The van der Waals surface area contributed by atoms with Crippen LogP contribution in [-0.4, -0.2) is 36.1 Å². The SMILES string of the molecule is CCC(NC(=O)C1CNCC1C)C(=O)O. The molecule has 3 unspecified atom stereocenters. The van der Waals surface area contributed by atoms with E-state index in [2.05, 4.69) is 10.6 Å². The summed E-state index contributed by atoms with van der Waals surface area (Å²) in [4.78, 5) is 22.4. The number of carboxylic acid groups (broad SMARTS) is 1. The van der Waals surface area contributed by atoms with E-state index in [1.54, 1.807) is 6.92 Å². The number of amides is 1. The minimum absolute atomic E-state index is 0.0987. The third kappa shape index (κ3) is 2.92. The number of hydrogen-bond donors (Lipinski definition) is 3. The van der Waals surface area contributed by atoms with Crippen LogP contribution in [0.25, 0.3) is 0 Å². The van der Waals surface area contributed by atoms with Gasteiger partial charge in [-0.2, -0.15) is 0 Å². The number of carbonyl (C=O) groups excluding carboxylic acids is 1. The molecular weight excluding hydrogens is 196 g/mol. The number of nitrogens with one attached hydrogen (secondary N) is 2. The first kappa shape index (κ1) is 12.0. The Balaban J connectivity index is 2.50. The number of rotatable bonds is 4. The zero-order valence-corrected chi connectivity index (χ0v) is 9.12. The molecule has 5 heteroatoms. The predicted molar refractivity (Wildman–Crippen MR) is 55.4 cm³/mol. The molecule has 0 aliphatic carbocycles. The maximum absolute atomic E-state index is 11.7. The van der Waals surface area contributed by atoms with Crippen molar-refractivity contribution in [2.45, 2.75) is 26.3 Å². The molecule has 0 aromatic heterocycles. The van der Waals surface area contributed by atoms with E-state index < -0.39 is 12.0 Å². The van der Waals surface area contributed by atoms with Crippen LogP contribution < -0.4 is 10.6 Å². The van der Waals surface area contributed by atoms with Crippen LogP contribution in [0, 0.1) is 11.8 Å². The maximum Gasteiger partial charge on any atom is 0.326 e. The standard InChI is InChI=1S/C10H18N2O3/c1-3-8(10(14)15)12-9(13)7-5-11-4-6(7)2/h6-8,11H,3-5H2,1-2H3,(H,12,13)(H,14,15).